The van der Waals surface area contributed by atoms with E-state index in [-0.39, 0.29) is 17.6 Å². The number of aryl methyl sites for hydroxylation is 1. The molecule has 1 aliphatic heterocycles. The number of hydrogen-bond acceptors (Lipinski definition) is 3. The molecule has 1 amide bonds. The van der Waals surface area contributed by atoms with E-state index in [1.807, 2.05) is 24.1 Å². The van der Waals surface area contributed by atoms with Crippen LogP contribution in [-0.4, -0.2) is 38.6 Å². The van der Waals surface area contributed by atoms with Gasteiger partial charge in [0.1, 0.15) is 11.6 Å². The summed E-state index contributed by atoms with van der Waals surface area (Å²) in [6.07, 6.45) is 9.99. The molecule has 2 aromatic rings. The number of nitrogens with zero attached hydrogens (tertiary/aromatic N) is 3. The zero-order valence-corrected chi connectivity index (χ0v) is 15.4. The highest BCUT2D eigenvalue weighted by molar-refractivity contribution is 5.97. The minimum Gasteiger partial charge on any atom is -0.507 e. The Balaban J connectivity index is 1.50. The number of carbonyl (C=O) groups excluding carboxylic acids is 1. The summed E-state index contributed by atoms with van der Waals surface area (Å²) in [6, 6.07) is 5.20. The van der Waals surface area contributed by atoms with Gasteiger partial charge in [-0.25, -0.2) is 4.98 Å². The first-order valence-electron chi connectivity index (χ1n) is 9.71. The smallest absolute Gasteiger partial charge is 0.257 e. The van der Waals surface area contributed by atoms with Crippen LogP contribution in [-0.2, 0) is 6.54 Å². The molecule has 2 fully saturated rings. The summed E-state index contributed by atoms with van der Waals surface area (Å²) in [5, 5.41) is 10.1. The van der Waals surface area contributed by atoms with Crippen molar-refractivity contribution in [2.24, 2.45) is 5.92 Å². The topological polar surface area (TPSA) is 58.4 Å². The Bertz CT molecular complexity index is 794. The Kier molecular flexibility index (Phi) is 4.70. The highest BCUT2D eigenvalue weighted by atomic mass is 16.3. The number of hydrogen-bond donors (Lipinski definition) is 1. The molecule has 26 heavy (non-hydrogen) atoms. The van der Waals surface area contributed by atoms with Gasteiger partial charge >= 0.3 is 0 Å². The van der Waals surface area contributed by atoms with Gasteiger partial charge in [0.25, 0.3) is 5.91 Å². The number of aromatic hydroxyl groups is 1. The Labute approximate surface area is 154 Å². The van der Waals surface area contributed by atoms with Crippen LogP contribution in [0.3, 0.4) is 0 Å². The first kappa shape index (κ1) is 17.1. The van der Waals surface area contributed by atoms with Gasteiger partial charge in [0, 0.05) is 37.9 Å². The summed E-state index contributed by atoms with van der Waals surface area (Å²) in [4.78, 5) is 19.4. The molecular formula is C21H27N3O2. The number of imidazole rings is 1. The van der Waals surface area contributed by atoms with Gasteiger partial charge in [-0.3, -0.25) is 4.79 Å². The van der Waals surface area contributed by atoms with E-state index >= 15 is 0 Å². The first-order valence-corrected chi connectivity index (χ1v) is 9.71. The molecule has 0 bridgehead atoms. The van der Waals surface area contributed by atoms with Gasteiger partial charge in [-0.05, 0) is 50.7 Å². The predicted octanol–water partition coefficient (Wildman–Crippen LogP) is 3.72. The molecule has 2 heterocycles. The molecule has 0 spiro atoms. The summed E-state index contributed by atoms with van der Waals surface area (Å²) in [7, 11) is 0. The van der Waals surface area contributed by atoms with Gasteiger partial charge in [0.2, 0.25) is 0 Å². The van der Waals surface area contributed by atoms with Gasteiger partial charge < -0.3 is 14.6 Å². The molecule has 1 aromatic carbocycles. The third-order valence-corrected chi connectivity index (χ3v) is 5.88. The lowest BCUT2D eigenvalue weighted by molar-refractivity contribution is 0.0699. The van der Waals surface area contributed by atoms with E-state index in [2.05, 4.69) is 15.7 Å². The molecule has 1 saturated carbocycles. The Morgan fingerprint density at radius 3 is 2.88 bits per heavy atom. The third kappa shape index (κ3) is 3.35. The molecule has 2 aliphatic rings. The van der Waals surface area contributed by atoms with Crippen molar-refractivity contribution in [2.75, 3.05) is 13.1 Å². The van der Waals surface area contributed by atoms with Gasteiger partial charge in [0.05, 0.1) is 5.56 Å². The summed E-state index contributed by atoms with van der Waals surface area (Å²) in [6.45, 7) is 4.41. The minimum absolute atomic E-state index is 0.0641. The molecule has 1 N–H and O–H groups in total. The molecule has 138 valence electrons. The van der Waals surface area contributed by atoms with Crippen molar-refractivity contribution in [2.45, 2.75) is 51.5 Å². The van der Waals surface area contributed by atoms with E-state index in [0.717, 1.165) is 43.2 Å². The molecule has 1 aromatic heterocycles. The van der Waals surface area contributed by atoms with E-state index in [0.29, 0.717) is 12.1 Å². The van der Waals surface area contributed by atoms with Crippen LogP contribution in [0.25, 0.3) is 0 Å². The highest BCUT2D eigenvalue weighted by Gasteiger charge is 2.30. The van der Waals surface area contributed by atoms with Crippen molar-refractivity contribution in [1.82, 2.24) is 14.5 Å². The van der Waals surface area contributed by atoms with Gasteiger partial charge in [-0.15, -0.1) is 0 Å². The van der Waals surface area contributed by atoms with Crippen LogP contribution in [0, 0.1) is 12.8 Å². The quantitative estimate of drug-likeness (QED) is 0.911. The monoisotopic (exact) mass is 353 g/mol. The van der Waals surface area contributed by atoms with E-state index in [9.17, 15) is 9.90 Å². The molecular weight excluding hydrogens is 326 g/mol. The zero-order chi connectivity index (χ0) is 18.1. The van der Waals surface area contributed by atoms with Crippen LogP contribution < -0.4 is 0 Å². The molecule has 5 heteroatoms. The number of rotatable bonds is 4. The number of amides is 1. The second-order valence-corrected chi connectivity index (χ2v) is 7.85. The van der Waals surface area contributed by atoms with Gasteiger partial charge in [-0.2, -0.15) is 0 Å². The lowest BCUT2D eigenvalue weighted by Gasteiger charge is -2.34. The number of phenols is 1. The predicted molar refractivity (Wildman–Crippen MR) is 100 cm³/mol. The third-order valence-electron chi connectivity index (χ3n) is 5.88. The van der Waals surface area contributed by atoms with Gasteiger partial charge in [-0.1, -0.05) is 18.1 Å². The fourth-order valence-corrected chi connectivity index (χ4v) is 4.15. The SMILES string of the molecule is Cc1ccc(O)c(C(=O)N2CCC[C@H](c3nccn3CC3CCC3)C2)c1. The van der Waals surface area contributed by atoms with Crippen molar-refractivity contribution < 1.29 is 9.90 Å². The number of piperidine rings is 1. The molecule has 1 aliphatic carbocycles. The molecule has 1 saturated heterocycles. The minimum atomic E-state index is -0.0759. The summed E-state index contributed by atoms with van der Waals surface area (Å²) >= 11 is 0. The van der Waals surface area contributed by atoms with Crippen molar-refractivity contribution >= 4 is 5.91 Å². The van der Waals surface area contributed by atoms with E-state index < -0.39 is 0 Å². The first-order chi connectivity index (χ1) is 12.6. The summed E-state index contributed by atoms with van der Waals surface area (Å²) in [5.74, 6) is 2.16. The fraction of sp³-hybridized carbons (Fsp3) is 0.524. The largest absolute Gasteiger partial charge is 0.507 e. The Morgan fingerprint density at radius 1 is 1.27 bits per heavy atom. The van der Waals surface area contributed by atoms with Crippen LogP contribution >= 0.6 is 0 Å². The lowest BCUT2D eigenvalue weighted by Crippen LogP contribution is -2.40. The van der Waals surface area contributed by atoms with E-state index in [4.69, 9.17) is 0 Å². The maximum absolute atomic E-state index is 12.9. The normalized spacial score (nSPS) is 20.8. The number of likely N-dealkylation sites (tertiary alicyclic amines) is 1. The van der Waals surface area contributed by atoms with Crippen LogP contribution in [0.5, 0.6) is 5.75 Å². The Morgan fingerprint density at radius 2 is 2.12 bits per heavy atom. The van der Waals surface area contributed by atoms with Crippen LogP contribution in [0.4, 0.5) is 0 Å². The second-order valence-electron chi connectivity index (χ2n) is 7.85. The number of benzene rings is 1. The van der Waals surface area contributed by atoms with E-state index in [1.54, 1.807) is 12.1 Å². The molecule has 0 unspecified atom stereocenters. The zero-order valence-electron chi connectivity index (χ0n) is 15.4. The summed E-state index contributed by atoms with van der Waals surface area (Å²) < 4.78 is 2.30. The fourth-order valence-electron chi connectivity index (χ4n) is 4.15. The van der Waals surface area contributed by atoms with E-state index in [1.165, 1.54) is 19.3 Å². The van der Waals surface area contributed by atoms with Gasteiger partial charge in [0.15, 0.2) is 0 Å². The highest BCUT2D eigenvalue weighted by Crippen LogP contribution is 2.32. The molecule has 5 nitrogen and oxygen atoms in total. The van der Waals surface area contributed by atoms with Crippen LogP contribution in [0.1, 0.15) is 59.8 Å². The van der Waals surface area contributed by atoms with Crippen molar-refractivity contribution in [1.29, 1.82) is 0 Å². The maximum Gasteiger partial charge on any atom is 0.257 e. The molecule has 1 atom stereocenters. The Hall–Kier alpha value is -2.30. The van der Waals surface area contributed by atoms with Crippen LogP contribution in [0.15, 0.2) is 30.6 Å². The van der Waals surface area contributed by atoms with Crippen molar-refractivity contribution in [3.8, 4) is 5.75 Å². The number of aromatic nitrogens is 2. The molecule has 0 radical (unpaired) electrons. The van der Waals surface area contributed by atoms with Crippen molar-refractivity contribution in [3.63, 3.8) is 0 Å². The van der Waals surface area contributed by atoms with Crippen LogP contribution in [0.2, 0.25) is 0 Å². The number of phenolic OH excluding ortho intramolecular Hbond substituents is 1. The maximum atomic E-state index is 12.9. The average Bonchev–Trinajstić information content (AvgIpc) is 3.08. The number of carbonyl (C=O) groups is 1. The lowest BCUT2D eigenvalue weighted by atomic mass is 9.85. The standard InChI is InChI=1S/C21H27N3O2/c1-15-7-8-19(25)18(12-15)21(26)24-10-3-6-17(14-24)20-22-9-11-23(20)13-16-4-2-5-16/h7-9,11-12,16-17,25H,2-6,10,13-14H2,1H3/t17-/m0/s1. The van der Waals surface area contributed by atoms with Crippen molar-refractivity contribution in [3.05, 3.63) is 47.5 Å². The summed E-state index contributed by atoms with van der Waals surface area (Å²) in [5.41, 5.74) is 1.39. The average molecular weight is 353 g/mol. The second kappa shape index (κ2) is 7.14. The molecule has 4 rings (SSSR count).